The van der Waals surface area contributed by atoms with Crippen molar-refractivity contribution >= 4 is 17.4 Å². The van der Waals surface area contributed by atoms with Crippen LogP contribution in [0.15, 0.2) is 60.8 Å². The topological polar surface area (TPSA) is 68.2 Å². The number of carbonyl (C=O) groups excluding carboxylic acids is 1. The van der Waals surface area contributed by atoms with E-state index >= 15 is 0 Å². The van der Waals surface area contributed by atoms with E-state index in [1.165, 1.54) is 5.56 Å². The molecule has 6 heteroatoms. The van der Waals surface area contributed by atoms with E-state index in [-0.39, 0.29) is 11.9 Å². The maximum Gasteiger partial charge on any atom is 0.247 e. The van der Waals surface area contributed by atoms with Crippen molar-refractivity contribution in [1.29, 1.82) is 0 Å². The summed E-state index contributed by atoms with van der Waals surface area (Å²) < 4.78 is 7.30. The molecule has 3 rings (SSSR count). The second-order valence-electron chi connectivity index (χ2n) is 7.30. The van der Waals surface area contributed by atoms with E-state index < -0.39 is 6.04 Å². The fourth-order valence-electron chi connectivity index (χ4n) is 3.20. The molecule has 0 fully saturated rings. The van der Waals surface area contributed by atoms with Crippen LogP contribution in [0.25, 0.3) is 0 Å². The Labute approximate surface area is 171 Å². The highest BCUT2D eigenvalue weighted by molar-refractivity contribution is 5.95. The monoisotopic (exact) mass is 392 g/mol. The first-order valence-electron chi connectivity index (χ1n) is 9.79. The van der Waals surface area contributed by atoms with Gasteiger partial charge >= 0.3 is 0 Å². The lowest BCUT2D eigenvalue weighted by Gasteiger charge is -2.18. The maximum atomic E-state index is 12.6. The Morgan fingerprint density at radius 2 is 1.86 bits per heavy atom. The van der Waals surface area contributed by atoms with Crippen LogP contribution in [0.2, 0.25) is 0 Å². The number of nitrogens with one attached hydrogen (secondary N) is 2. The molecule has 29 heavy (non-hydrogen) atoms. The zero-order valence-corrected chi connectivity index (χ0v) is 17.3. The zero-order valence-electron chi connectivity index (χ0n) is 17.3. The summed E-state index contributed by atoms with van der Waals surface area (Å²) >= 11 is 0. The highest BCUT2D eigenvalue weighted by Gasteiger charge is 2.16. The predicted molar refractivity (Wildman–Crippen MR) is 117 cm³/mol. The van der Waals surface area contributed by atoms with E-state index in [2.05, 4.69) is 27.9 Å². The van der Waals surface area contributed by atoms with Gasteiger partial charge in [0.1, 0.15) is 17.6 Å². The molecule has 0 spiro atoms. The molecular formula is C23H28N4O2. The summed E-state index contributed by atoms with van der Waals surface area (Å²) in [7, 11) is 1.67. The van der Waals surface area contributed by atoms with Gasteiger partial charge in [-0.25, -0.2) is 4.68 Å². The van der Waals surface area contributed by atoms with Gasteiger partial charge in [-0.3, -0.25) is 4.79 Å². The van der Waals surface area contributed by atoms with Gasteiger partial charge in [0, 0.05) is 29.8 Å². The molecule has 1 heterocycles. The van der Waals surface area contributed by atoms with Crippen LogP contribution in [0, 0.1) is 0 Å². The number of ether oxygens (including phenoxy) is 1. The number of carbonyl (C=O) groups is 1. The van der Waals surface area contributed by atoms with Gasteiger partial charge < -0.3 is 15.4 Å². The third-order valence-electron chi connectivity index (χ3n) is 4.70. The minimum atomic E-state index is -0.413. The predicted octanol–water partition coefficient (Wildman–Crippen LogP) is 4.50. The third-order valence-corrected chi connectivity index (χ3v) is 4.70. The van der Waals surface area contributed by atoms with Crippen molar-refractivity contribution in [3.05, 3.63) is 71.9 Å². The molecular weight excluding hydrogens is 364 g/mol. The van der Waals surface area contributed by atoms with Crippen molar-refractivity contribution in [2.24, 2.45) is 0 Å². The van der Waals surface area contributed by atoms with Crippen LogP contribution in [-0.2, 0) is 11.2 Å². The first-order chi connectivity index (χ1) is 14.0. The first kappa shape index (κ1) is 20.5. The van der Waals surface area contributed by atoms with Gasteiger partial charge in [-0.1, -0.05) is 30.3 Å². The lowest BCUT2D eigenvalue weighted by Crippen LogP contribution is -2.32. The second-order valence-corrected chi connectivity index (χ2v) is 7.30. The van der Waals surface area contributed by atoms with Crippen molar-refractivity contribution in [3.63, 3.8) is 0 Å². The maximum absolute atomic E-state index is 12.6. The smallest absolute Gasteiger partial charge is 0.247 e. The molecule has 1 aromatic heterocycles. The van der Waals surface area contributed by atoms with Crippen LogP contribution >= 0.6 is 0 Å². The van der Waals surface area contributed by atoms with E-state index in [9.17, 15) is 4.79 Å². The average molecular weight is 393 g/mol. The molecule has 1 atom stereocenters. The second kappa shape index (κ2) is 9.28. The molecule has 3 aromatic rings. The Morgan fingerprint density at radius 1 is 1.10 bits per heavy atom. The molecule has 0 aliphatic rings. The van der Waals surface area contributed by atoms with Crippen molar-refractivity contribution in [1.82, 2.24) is 9.78 Å². The molecule has 0 aliphatic heterocycles. The van der Waals surface area contributed by atoms with Crippen molar-refractivity contribution in [2.45, 2.75) is 39.3 Å². The Bertz CT molecular complexity index is 951. The van der Waals surface area contributed by atoms with Crippen LogP contribution in [0.4, 0.5) is 11.5 Å². The summed E-state index contributed by atoms with van der Waals surface area (Å²) in [5, 5.41) is 10.5. The molecule has 2 N–H and O–H groups in total. The summed E-state index contributed by atoms with van der Waals surface area (Å²) in [5.74, 6) is 1.41. The standard InChI is InChI=1S/C23H28N4O2/c1-16(2)27-22(12-13-24-27)26-23(28)17(3)25-20-10-11-21(29-4)19(15-20)14-18-8-6-5-7-9-18/h5-13,15-17,25H,14H2,1-4H3,(H,26,28). The molecule has 0 saturated carbocycles. The van der Waals surface area contributed by atoms with E-state index in [4.69, 9.17) is 4.74 Å². The molecule has 1 unspecified atom stereocenters. The number of benzene rings is 2. The van der Waals surface area contributed by atoms with Crippen molar-refractivity contribution in [3.8, 4) is 5.75 Å². The Kier molecular flexibility index (Phi) is 6.54. The van der Waals surface area contributed by atoms with Crippen molar-refractivity contribution < 1.29 is 9.53 Å². The lowest BCUT2D eigenvalue weighted by atomic mass is 10.0. The SMILES string of the molecule is COc1ccc(NC(C)C(=O)Nc2ccnn2C(C)C)cc1Cc1ccccc1. The largest absolute Gasteiger partial charge is 0.496 e. The van der Waals surface area contributed by atoms with E-state index in [1.54, 1.807) is 24.1 Å². The summed E-state index contributed by atoms with van der Waals surface area (Å²) in [6, 6.07) is 17.7. The van der Waals surface area contributed by atoms with Gasteiger partial charge in [-0.2, -0.15) is 5.10 Å². The molecule has 0 aliphatic carbocycles. The Balaban J connectivity index is 1.71. The highest BCUT2D eigenvalue weighted by Crippen LogP contribution is 2.26. The molecule has 6 nitrogen and oxygen atoms in total. The summed E-state index contributed by atoms with van der Waals surface area (Å²) in [4.78, 5) is 12.6. The molecule has 0 saturated heterocycles. The summed E-state index contributed by atoms with van der Waals surface area (Å²) in [5.41, 5.74) is 3.14. The molecule has 0 bridgehead atoms. The molecule has 2 aromatic carbocycles. The Morgan fingerprint density at radius 3 is 2.55 bits per heavy atom. The van der Waals surface area contributed by atoms with E-state index in [0.29, 0.717) is 5.82 Å². The average Bonchev–Trinajstić information content (AvgIpc) is 3.17. The van der Waals surface area contributed by atoms with Gasteiger partial charge in [-0.15, -0.1) is 0 Å². The van der Waals surface area contributed by atoms with Gasteiger partial charge in [-0.05, 0) is 44.5 Å². The van der Waals surface area contributed by atoms with Crippen LogP contribution in [0.3, 0.4) is 0 Å². The fourth-order valence-corrected chi connectivity index (χ4v) is 3.20. The van der Waals surface area contributed by atoms with Gasteiger partial charge in [0.25, 0.3) is 0 Å². The first-order valence-corrected chi connectivity index (χ1v) is 9.79. The normalized spacial score (nSPS) is 11.9. The molecule has 1 amide bonds. The number of rotatable bonds is 8. The van der Waals surface area contributed by atoms with Gasteiger partial charge in [0.2, 0.25) is 5.91 Å². The van der Waals surface area contributed by atoms with Crippen LogP contribution in [0.5, 0.6) is 5.75 Å². The summed E-state index contributed by atoms with van der Waals surface area (Å²) in [6.07, 6.45) is 2.45. The van der Waals surface area contributed by atoms with Crippen LogP contribution in [0.1, 0.15) is 37.9 Å². The zero-order chi connectivity index (χ0) is 20.8. The third kappa shape index (κ3) is 5.16. The van der Waals surface area contributed by atoms with E-state index in [0.717, 1.165) is 23.4 Å². The fraction of sp³-hybridized carbons (Fsp3) is 0.304. The minimum Gasteiger partial charge on any atom is -0.496 e. The number of anilines is 2. The number of methoxy groups -OCH3 is 1. The quantitative estimate of drug-likeness (QED) is 0.592. The number of hydrogen-bond acceptors (Lipinski definition) is 4. The van der Waals surface area contributed by atoms with Crippen LogP contribution < -0.4 is 15.4 Å². The van der Waals surface area contributed by atoms with Gasteiger partial charge in [0.15, 0.2) is 0 Å². The van der Waals surface area contributed by atoms with E-state index in [1.807, 2.05) is 57.2 Å². The van der Waals surface area contributed by atoms with Gasteiger partial charge in [0.05, 0.1) is 13.3 Å². The number of hydrogen-bond donors (Lipinski definition) is 2. The number of amides is 1. The number of nitrogens with zero attached hydrogens (tertiary/aromatic N) is 2. The molecule has 152 valence electrons. The van der Waals surface area contributed by atoms with Crippen LogP contribution in [-0.4, -0.2) is 28.8 Å². The highest BCUT2D eigenvalue weighted by atomic mass is 16.5. The van der Waals surface area contributed by atoms with Crippen molar-refractivity contribution in [2.75, 3.05) is 17.7 Å². The summed E-state index contributed by atoms with van der Waals surface area (Å²) in [6.45, 7) is 5.89. The molecule has 0 radical (unpaired) electrons. The Hall–Kier alpha value is -3.28. The minimum absolute atomic E-state index is 0.118. The number of aromatic nitrogens is 2. The lowest BCUT2D eigenvalue weighted by molar-refractivity contribution is -0.116.